The zero-order chi connectivity index (χ0) is 36.4. The van der Waals surface area contributed by atoms with Crippen LogP contribution in [0, 0.1) is 6.92 Å². The predicted molar refractivity (Wildman–Crippen MR) is 197 cm³/mol. The third-order valence-electron chi connectivity index (χ3n) is 11.3. The molecule has 0 radical (unpaired) electrons. The highest BCUT2D eigenvalue weighted by Gasteiger charge is 2.37. The van der Waals surface area contributed by atoms with Gasteiger partial charge in [-0.3, -0.25) is 9.69 Å². The Labute approximate surface area is 306 Å². The number of likely N-dealkylation sites (tertiary alicyclic amines) is 2. The van der Waals surface area contributed by atoms with Crippen molar-refractivity contribution in [2.24, 2.45) is 0 Å². The fourth-order valence-corrected chi connectivity index (χ4v) is 9.19. The number of sulfonamides is 1. The molecule has 14 nitrogen and oxygen atoms in total. The lowest BCUT2D eigenvalue weighted by Gasteiger charge is -2.42. The summed E-state index contributed by atoms with van der Waals surface area (Å²) in [7, 11) is -3.20. The standard InChI is InChI=1S/C37H51N7O7S/c1-26-23-27(24-32-34(26)38-12-22-50-32)25-33(35(45)41-13-8-29(9-14-41)40-18-20-43(21-19-40)52(2,48)49)51-37(47)42-15-10-30(11-16-42)44-17-7-28-5-3-4-6-31(28)39-36(44)46/h3-6,23-24,29-30,33,38H,7-22,25H2,1-2H3,(H,39,46)/t33-/m1/s1. The average Bonchev–Trinajstić information content (AvgIpc) is 3.32. The fraction of sp³-hybridized carbons (Fsp3) is 0.595. The Morgan fingerprint density at radius 1 is 0.923 bits per heavy atom. The largest absolute Gasteiger partial charge is 0.490 e. The molecule has 282 valence electrons. The second-order valence-electron chi connectivity index (χ2n) is 14.6. The first-order valence-electron chi connectivity index (χ1n) is 18.6. The van der Waals surface area contributed by atoms with E-state index in [9.17, 15) is 22.8 Å². The molecular weight excluding hydrogens is 687 g/mol. The van der Waals surface area contributed by atoms with Gasteiger partial charge in [0.25, 0.3) is 5.91 Å². The number of nitrogens with zero attached hydrogens (tertiary/aromatic N) is 5. The molecule has 5 aliphatic rings. The van der Waals surface area contributed by atoms with E-state index in [0.717, 1.165) is 59.6 Å². The van der Waals surface area contributed by atoms with Gasteiger partial charge in [-0.05, 0) is 67.9 Å². The van der Waals surface area contributed by atoms with Crippen molar-refractivity contribution >= 4 is 39.4 Å². The number of benzene rings is 2. The third kappa shape index (κ3) is 8.11. The molecule has 2 aromatic rings. The molecule has 3 saturated heterocycles. The second kappa shape index (κ2) is 15.5. The van der Waals surface area contributed by atoms with Gasteiger partial charge < -0.3 is 34.8 Å². The van der Waals surface area contributed by atoms with Crippen LogP contribution in [-0.2, 0) is 32.4 Å². The minimum absolute atomic E-state index is 0.00137. The summed E-state index contributed by atoms with van der Waals surface area (Å²) in [6, 6.07) is 12.0. The Bertz CT molecular complexity index is 1750. The van der Waals surface area contributed by atoms with Crippen LogP contribution in [0.1, 0.15) is 42.4 Å². The van der Waals surface area contributed by atoms with Gasteiger partial charge in [-0.15, -0.1) is 0 Å². The number of aryl methyl sites for hydroxylation is 1. The minimum Gasteiger partial charge on any atom is -0.490 e. The maximum atomic E-state index is 14.2. The van der Waals surface area contributed by atoms with Crippen LogP contribution in [0.5, 0.6) is 5.75 Å². The number of carbonyl (C=O) groups is 3. The number of urea groups is 1. The average molecular weight is 738 g/mol. The Balaban J connectivity index is 0.988. The van der Waals surface area contributed by atoms with Crippen molar-refractivity contribution in [2.45, 2.75) is 63.6 Å². The number of nitrogens with one attached hydrogen (secondary N) is 2. The quantitative estimate of drug-likeness (QED) is 0.439. The second-order valence-corrected chi connectivity index (χ2v) is 16.6. The number of fused-ring (bicyclic) bond motifs is 2. The van der Waals surface area contributed by atoms with Gasteiger partial charge in [0.1, 0.15) is 12.4 Å². The molecule has 5 aliphatic heterocycles. The molecule has 4 amide bonds. The van der Waals surface area contributed by atoms with Crippen molar-refractivity contribution in [2.75, 3.05) is 88.9 Å². The van der Waals surface area contributed by atoms with Crippen molar-refractivity contribution in [1.29, 1.82) is 0 Å². The van der Waals surface area contributed by atoms with Gasteiger partial charge >= 0.3 is 12.1 Å². The predicted octanol–water partition coefficient (Wildman–Crippen LogP) is 2.97. The van der Waals surface area contributed by atoms with Crippen molar-refractivity contribution in [3.63, 3.8) is 0 Å². The van der Waals surface area contributed by atoms with Crippen molar-refractivity contribution < 1.29 is 32.3 Å². The number of hydrogen-bond acceptors (Lipinski definition) is 9. The van der Waals surface area contributed by atoms with E-state index in [0.29, 0.717) is 78.4 Å². The van der Waals surface area contributed by atoms with E-state index in [-0.39, 0.29) is 30.4 Å². The van der Waals surface area contributed by atoms with Crippen molar-refractivity contribution in [1.82, 2.24) is 23.9 Å². The van der Waals surface area contributed by atoms with Crippen molar-refractivity contribution in [3.05, 3.63) is 53.1 Å². The van der Waals surface area contributed by atoms with E-state index in [2.05, 4.69) is 15.5 Å². The van der Waals surface area contributed by atoms with Crippen molar-refractivity contribution in [3.8, 4) is 5.75 Å². The van der Waals surface area contributed by atoms with Crippen LogP contribution in [0.3, 0.4) is 0 Å². The number of carbonyl (C=O) groups excluding carboxylic acids is 3. The molecule has 2 aromatic carbocycles. The molecular formula is C37H51N7O7S. The highest BCUT2D eigenvalue weighted by molar-refractivity contribution is 7.88. The zero-order valence-electron chi connectivity index (χ0n) is 30.2. The Kier molecular flexibility index (Phi) is 10.8. The lowest BCUT2D eigenvalue weighted by atomic mass is 9.99. The van der Waals surface area contributed by atoms with Crippen LogP contribution >= 0.6 is 0 Å². The lowest BCUT2D eigenvalue weighted by Crippen LogP contribution is -2.55. The molecule has 0 bridgehead atoms. The maximum absolute atomic E-state index is 14.2. The van der Waals surface area contributed by atoms with Crippen LogP contribution in [0.2, 0.25) is 0 Å². The van der Waals surface area contributed by atoms with Gasteiger partial charge in [0.2, 0.25) is 10.0 Å². The zero-order valence-corrected chi connectivity index (χ0v) is 31.0. The van der Waals surface area contributed by atoms with Gasteiger partial charge in [0.05, 0.1) is 11.9 Å². The molecule has 52 heavy (non-hydrogen) atoms. The topological polar surface area (TPSA) is 144 Å². The SMILES string of the molecule is Cc1cc(C[C@@H](OC(=O)N2CCC(N3CCc4ccccc4NC3=O)CC2)C(=O)N2CCC(N3CCN(S(C)(=O)=O)CC3)CC2)cc2c1NCCO2. The summed E-state index contributed by atoms with van der Waals surface area (Å²) < 4.78 is 37.5. The number of ether oxygens (including phenoxy) is 2. The smallest absolute Gasteiger partial charge is 0.410 e. The number of piperazine rings is 1. The molecule has 2 N–H and O–H groups in total. The number of piperidine rings is 2. The molecule has 0 aromatic heterocycles. The van der Waals surface area contributed by atoms with Gasteiger partial charge in [0.15, 0.2) is 6.10 Å². The Morgan fingerprint density at radius 2 is 1.62 bits per heavy atom. The molecule has 7 rings (SSSR count). The minimum atomic E-state index is -3.20. The van der Waals surface area contributed by atoms with Crippen LogP contribution in [-0.4, -0.2) is 147 Å². The lowest BCUT2D eigenvalue weighted by molar-refractivity contribution is -0.142. The monoisotopic (exact) mass is 737 g/mol. The molecule has 3 fully saturated rings. The first-order valence-corrected chi connectivity index (χ1v) is 20.5. The van der Waals surface area contributed by atoms with E-state index in [1.54, 1.807) is 4.90 Å². The highest BCUT2D eigenvalue weighted by atomic mass is 32.2. The summed E-state index contributed by atoms with van der Waals surface area (Å²) in [5, 5.41) is 6.43. The van der Waals surface area contributed by atoms with Gasteiger partial charge in [-0.25, -0.2) is 18.0 Å². The Hall–Kier alpha value is -4.08. The number of anilines is 2. The normalized spacial score (nSPS) is 21.6. The molecule has 5 heterocycles. The van der Waals surface area contributed by atoms with Crippen LogP contribution in [0.4, 0.5) is 21.0 Å². The number of para-hydroxylation sites is 1. The van der Waals surface area contributed by atoms with Gasteiger partial charge in [-0.1, -0.05) is 24.3 Å². The number of amides is 4. The third-order valence-corrected chi connectivity index (χ3v) is 12.6. The van der Waals surface area contributed by atoms with Gasteiger partial charge in [0, 0.05) is 89.6 Å². The van der Waals surface area contributed by atoms with E-state index < -0.39 is 22.2 Å². The first kappa shape index (κ1) is 36.3. The maximum Gasteiger partial charge on any atom is 0.410 e. The fourth-order valence-electron chi connectivity index (χ4n) is 8.37. The summed E-state index contributed by atoms with van der Waals surface area (Å²) in [5.74, 6) is 0.525. The molecule has 0 unspecified atom stereocenters. The molecule has 0 spiro atoms. The highest BCUT2D eigenvalue weighted by Crippen LogP contribution is 2.33. The molecule has 15 heteroatoms. The molecule has 0 saturated carbocycles. The summed E-state index contributed by atoms with van der Waals surface area (Å²) >= 11 is 0. The molecule has 1 atom stereocenters. The van der Waals surface area contributed by atoms with E-state index in [4.69, 9.17) is 9.47 Å². The van der Waals surface area contributed by atoms with E-state index >= 15 is 0 Å². The summed E-state index contributed by atoms with van der Waals surface area (Å²) in [5.41, 5.74) is 4.77. The van der Waals surface area contributed by atoms with Crippen LogP contribution < -0.4 is 15.4 Å². The number of hydrogen-bond donors (Lipinski definition) is 2. The van der Waals surface area contributed by atoms with E-state index in [1.807, 2.05) is 53.1 Å². The summed E-state index contributed by atoms with van der Waals surface area (Å²) in [6.45, 7) is 8.12. The first-order chi connectivity index (χ1) is 25.0. The number of rotatable bonds is 7. The summed E-state index contributed by atoms with van der Waals surface area (Å²) in [6.07, 6.45) is 3.50. The van der Waals surface area contributed by atoms with Crippen LogP contribution in [0.15, 0.2) is 36.4 Å². The van der Waals surface area contributed by atoms with E-state index in [1.165, 1.54) is 10.6 Å². The van der Waals surface area contributed by atoms with Gasteiger partial charge in [-0.2, -0.15) is 4.31 Å². The Morgan fingerprint density at radius 3 is 2.35 bits per heavy atom. The van der Waals surface area contributed by atoms with Crippen LogP contribution in [0.25, 0.3) is 0 Å². The summed E-state index contributed by atoms with van der Waals surface area (Å²) in [4.78, 5) is 48.8. The molecule has 0 aliphatic carbocycles.